The fourth-order valence-corrected chi connectivity index (χ4v) is 3.49. The van der Waals surface area contributed by atoms with Crippen molar-refractivity contribution < 1.29 is 14.3 Å². The van der Waals surface area contributed by atoms with E-state index < -0.39 is 0 Å². The highest BCUT2D eigenvalue weighted by Crippen LogP contribution is 2.30. The summed E-state index contributed by atoms with van der Waals surface area (Å²) in [5.41, 5.74) is 1.98. The molecule has 0 saturated heterocycles. The molecule has 0 heterocycles. The lowest BCUT2D eigenvalue weighted by Gasteiger charge is -2.16. The lowest BCUT2D eigenvalue weighted by Crippen LogP contribution is -2.28. The van der Waals surface area contributed by atoms with Gasteiger partial charge in [0.25, 0.3) is 0 Å². The summed E-state index contributed by atoms with van der Waals surface area (Å²) in [7, 11) is 3.18. The molecule has 0 aromatic heterocycles. The van der Waals surface area contributed by atoms with Gasteiger partial charge in [0.15, 0.2) is 11.5 Å². The summed E-state index contributed by atoms with van der Waals surface area (Å²) in [5, 5.41) is 4.04. The number of carbonyl (C=O) groups is 1. The van der Waals surface area contributed by atoms with Crippen LogP contribution in [-0.4, -0.2) is 25.9 Å². The topological polar surface area (TPSA) is 47.6 Å². The Bertz CT molecular complexity index is 770. The second kappa shape index (κ2) is 9.95. The zero-order valence-corrected chi connectivity index (χ0v) is 17.2. The van der Waals surface area contributed by atoms with Gasteiger partial charge < -0.3 is 14.8 Å². The van der Waals surface area contributed by atoms with Gasteiger partial charge in [-0.15, -0.1) is 11.8 Å². The molecule has 0 aliphatic heterocycles. The van der Waals surface area contributed by atoms with Crippen molar-refractivity contribution in [2.75, 3.05) is 20.0 Å². The van der Waals surface area contributed by atoms with Crippen LogP contribution in [0, 0.1) is 0 Å². The number of hydrogen-bond acceptors (Lipinski definition) is 4. The maximum Gasteiger partial charge on any atom is 0.230 e. The minimum absolute atomic E-state index is 0.0302. The molecule has 0 radical (unpaired) electrons. The summed E-state index contributed by atoms with van der Waals surface area (Å²) in [5.74, 6) is 2.32. The van der Waals surface area contributed by atoms with Gasteiger partial charge in [-0.3, -0.25) is 4.79 Å². The molecule has 7 heteroatoms. The first-order valence-electron chi connectivity index (χ1n) is 7.97. The van der Waals surface area contributed by atoms with Crippen molar-refractivity contribution in [3.63, 3.8) is 0 Å². The lowest BCUT2D eigenvalue weighted by molar-refractivity contribution is -0.119. The van der Waals surface area contributed by atoms with Crippen molar-refractivity contribution in [1.29, 1.82) is 0 Å². The Balaban J connectivity index is 1.86. The van der Waals surface area contributed by atoms with Gasteiger partial charge in [-0.1, -0.05) is 35.3 Å². The van der Waals surface area contributed by atoms with Crippen molar-refractivity contribution in [2.45, 2.75) is 18.7 Å². The molecule has 0 aliphatic rings. The molecular formula is C19H21Cl2NO3S. The summed E-state index contributed by atoms with van der Waals surface area (Å²) in [6, 6.07) is 11.0. The van der Waals surface area contributed by atoms with Crippen molar-refractivity contribution in [2.24, 2.45) is 0 Å². The fourth-order valence-electron chi connectivity index (χ4n) is 2.38. The van der Waals surface area contributed by atoms with Crippen LogP contribution in [0.1, 0.15) is 24.1 Å². The highest BCUT2D eigenvalue weighted by Gasteiger charge is 2.13. The molecular weight excluding hydrogens is 393 g/mol. The lowest BCUT2D eigenvalue weighted by atomic mass is 10.1. The summed E-state index contributed by atoms with van der Waals surface area (Å²) < 4.78 is 10.5. The largest absolute Gasteiger partial charge is 0.493 e. The van der Waals surface area contributed by atoms with E-state index in [9.17, 15) is 4.79 Å². The quantitative estimate of drug-likeness (QED) is 0.651. The van der Waals surface area contributed by atoms with Crippen LogP contribution in [0.3, 0.4) is 0 Å². The molecule has 1 N–H and O–H groups in total. The average molecular weight is 414 g/mol. The first-order chi connectivity index (χ1) is 12.4. The Morgan fingerprint density at radius 1 is 1.08 bits per heavy atom. The van der Waals surface area contributed by atoms with Crippen molar-refractivity contribution >= 4 is 40.9 Å². The normalized spacial score (nSPS) is 11.7. The molecule has 26 heavy (non-hydrogen) atoms. The van der Waals surface area contributed by atoms with Gasteiger partial charge in [-0.05, 0) is 42.3 Å². The first kappa shape index (κ1) is 20.7. The third-order valence-electron chi connectivity index (χ3n) is 3.77. The minimum atomic E-state index is -0.132. The van der Waals surface area contributed by atoms with E-state index in [0.717, 1.165) is 11.1 Å². The molecule has 4 nitrogen and oxygen atoms in total. The second-order valence-electron chi connectivity index (χ2n) is 5.64. The number of amides is 1. The van der Waals surface area contributed by atoms with Crippen molar-refractivity contribution in [1.82, 2.24) is 5.32 Å². The zero-order valence-electron chi connectivity index (χ0n) is 14.8. The molecule has 0 bridgehead atoms. The minimum Gasteiger partial charge on any atom is -0.493 e. The standard InChI is InChI=1S/C19H21Cl2NO3S/c1-12(14-5-7-17(24-2)18(9-14)25-3)22-19(23)11-26-10-13-4-6-15(20)16(21)8-13/h4-9,12H,10-11H2,1-3H3,(H,22,23)/t12-/m1/s1. The van der Waals surface area contributed by atoms with Crippen LogP contribution in [-0.2, 0) is 10.5 Å². The number of carbonyl (C=O) groups excluding carboxylic acids is 1. The first-order valence-corrected chi connectivity index (χ1v) is 9.88. The Hall–Kier alpha value is -1.56. The van der Waals surface area contributed by atoms with E-state index >= 15 is 0 Å². The van der Waals surface area contributed by atoms with Crippen molar-refractivity contribution in [3.8, 4) is 11.5 Å². The molecule has 0 aliphatic carbocycles. The van der Waals surface area contributed by atoms with Gasteiger partial charge in [-0.25, -0.2) is 0 Å². The van der Waals surface area contributed by atoms with E-state index in [-0.39, 0.29) is 11.9 Å². The highest BCUT2D eigenvalue weighted by molar-refractivity contribution is 7.99. The van der Waals surface area contributed by atoms with E-state index in [4.69, 9.17) is 32.7 Å². The maximum absolute atomic E-state index is 12.2. The van der Waals surface area contributed by atoms with Crippen LogP contribution in [0.4, 0.5) is 0 Å². The summed E-state index contributed by atoms with van der Waals surface area (Å²) >= 11 is 13.4. The van der Waals surface area contributed by atoms with Gasteiger partial charge >= 0.3 is 0 Å². The number of thioether (sulfide) groups is 1. The number of nitrogens with one attached hydrogen (secondary N) is 1. The molecule has 2 aromatic carbocycles. The second-order valence-corrected chi connectivity index (χ2v) is 7.44. The number of ether oxygens (including phenoxy) is 2. The van der Waals surface area contributed by atoms with Gasteiger partial charge in [0.05, 0.1) is 36.1 Å². The van der Waals surface area contributed by atoms with Crippen LogP contribution >= 0.6 is 35.0 Å². The Labute approximate surface area is 168 Å². The fraction of sp³-hybridized carbons (Fsp3) is 0.316. The third-order valence-corrected chi connectivity index (χ3v) is 5.51. The monoisotopic (exact) mass is 413 g/mol. The molecule has 1 amide bonds. The predicted molar refractivity (Wildman–Crippen MR) is 109 cm³/mol. The average Bonchev–Trinajstić information content (AvgIpc) is 2.63. The van der Waals surface area contributed by atoms with E-state index in [1.54, 1.807) is 20.3 Å². The molecule has 2 rings (SSSR count). The smallest absolute Gasteiger partial charge is 0.230 e. The predicted octanol–water partition coefficient (Wildman–Crippen LogP) is 5.12. The number of halogens is 2. The van der Waals surface area contributed by atoms with Gasteiger partial charge in [0.1, 0.15) is 0 Å². The number of rotatable bonds is 8. The molecule has 0 saturated carbocycles. The molecule has 0 spiro atoms. The molecule has 0 unspecified atom stereocenters. The van der Waals surface area contributed by atoms with E-state index in [1.807, 2.05) is 37.3 Å². The summed E-state index contributed by atoms with van der Waals surface area (Å²) in [6.07, 6.45) is 0. The van der Waals surface area contributed by atoms with Crippen LogP contribution in [0.5, 0.6) is 11.5 Å². The Kier molecular flexibility index (Phi) is 7.94. The zero-order chi connectivity index (χ0) is 19.1. The van der Waals surface area contributed by atoms with Crippen LogP contribution in [0.25, 0.3) is 0 Å². The van der Waals surface area contributed by atoms with Crippen molar-refractivity contribution in [3.05, 3.63) is 57.6 Å². The number of methoxy groups -OCH3 is 2. The SMILES string of the molecule is COc1ccc([C@@H](C)NC(=O)CSCc2ccc(Cl)c(Cl)c2)cc1OC. The summed E-state index contributed by atoms with van der Waals surface area (Å²) in [6.45, 7) is 1.93. The van der Waals surface area contributed by atoms with E-state index in [0.29, 0.717) is 33.0 Å². The van der Waals surface area contributed by atoms with E-state index in [1.165, 1.54) is 11.8 Å². The van der Waals surface area contributed by atoms with E-state index in [2.05, 4.69) is 5.32 Å². The van der Waals surface area contributed by atoms with Gasteiger partial charge in [0.2, 0.25) is 5.91 Å². The molecule has 2 aromatic rings. The Morgan fingerprint density at radius 3 is 2.46 bits per heavy atom. The van der Waals surface area contributed by atoms with Crippen LogP contribution < -0.4 is 14.8 Å². The highest BCUT2D eigenvalue weighted by atomic mass is 35.5. The van der Waals surface area contributed by atoms with Crippen LogP contribution in [0.2, 0.25) is 10.0 Å². The number of hydrogen-bond donors (Lipinski definition) is 1. The summed E-state index contributed by atoms with van der Waals surface area (Å²) in [4.78, 5) is 12.2. The van der Waals surface area contributed by atoms with Crippen LogP contribution in [0.15, 0.2) is 36.4 Å². The molecule has 140 valence electrons. The Morgan fingerprint density at radius 2 is 1.81 bits per heavy atom. The molecule has 1 atom stereocenters. The maximum atomic E-state index is 12.2. The van der Waals surface area contributed by atoms with Gasteiger partial charge in [-0.2, -0.15) is 0 Å². The van der Waals surface area contributed by atoms with Gasteiger partial charge in [0, 0.05) is 5.75 Å². The number of benzene rings is 2. The third kappa shape index (κ3) is 5.73. The molecule has 0 fully saturated rings.